The van der Waals surface area contributed by atoms with E-state index in [4.69, 9.17) is 9.47 Å². The van der Waals surface area contributed by atoms with Crippen LogP contribution in [0.2, 0.25) is 0 Å². The van der Waals surface area contributed by atoms with Crippen LogP contribution >= 0.6 is 0 Å². The zero-order chi connectivity index (χ0) is 13.8. The molecular formula is C16H30N2O2. The van der Waals surface area contributed by atoms with Gasteiger partial charge in [-0.1, -0.05) is 6.92 Å². The van der Waals surface area contributed by atoms with Crippen molar-refractivity contribution in [1.29, 1.82) is 0 Å². The highest BCUT2D eigenvalue weighted by Gasteiger charge is 2.40. The van der Waals surface area contributed by atoms with Crippen LogP contribution in [0.25, 0.3) is 0 Å². The molecule has 1 aliphatic carbocycles. The molecule has 2 aliphatic heterocycles. The molecule has 1 spiro atoms. The van der Waals surface area contributed by atoms with Gasteiger partial charge in [0.15, 0.2) is 5.79 Å². The molecule has 0 aromatic heterocycles. The maximum absolute atomic E-state index is 5.79. The van der Waals surface area contributed by atoms with Gasteiger partial charge in [-0.05, 0) is 57.8 Å². The van der Waals surface area contributed by atoms with Crippen LogP contribution in [0.5, 0.6) is 0 Å². The summed E-state index contributed by atoms with van der Waals surface area (Å²) in [6.07, 6.45) is 7.27. The first-order chi connectivity index (χ1) is 9.80. The molecular weight excluding hydrogens is 252 g/mol. The molecule has 1 saturated carbocycles. The summed E-state index contributed by atoms with van der Waals surface area (Å²) < 4.78 is 11.6. The van der Waals surface area contributed by atoms with Crippen molar-refractivity contribution in [3.63, 3.8) is 0 Å². The minimum absolute atomic E-state index is 0.204. The van der Waals surface area contributed by atoms with E-state index in [1.54, 1.807) is 0 Å². The van der Waals surface area contributed by atoms with Crippen LogP contribution in [-0.4, -0.2) is 56.1 Å². The third-order valence-corrected chi connectivity index (χ3v) is 5.41. The SMILES string of the molecule is CCN1CCC(CNC2CCC3(CC2)OCCO3)CC1. The molecule has 3 aliphatic rings. The average Bonchev–Trinajstić information content (AvgIpc) is 2.96. The lowest BCUT2D eigenvalue weighted by Gasteiger charge is -2.37. The number of nitrogens with zero attached hydrogens (tertiary/aromatic N) is 1. The van der Waals surface area contributed by atoms with Gasteiger partial charge in [0.1, 0.15) is 0 Å². The lowest BCUT2D eigenvalue weighted by molar-refractivity contribution is -0.179. The van der Waals surface area contributed by atoms with Crippen LogP contribution in [0.1, 0.15) is 45.4 Å². The standard InChI is InChI=1S/C16H30N2O2/c1-2-18-9-5-14(6-10-18)13-17-15-3-7-16(8-4-15)19-11-12-20-16/h14-15,17H,2-13H2,1H3. The highest BCUT2D eigenvalue weighted by Crippen LogP contribution is 2.35. The number of rotatable bonds is 4. The fourth-order valence-electron chi connectivity index (χ4n) is 3.89. The molecule has 116 valence electrons. The van der Waals surface area contributed by atoms with E-state index < -0.39 is 0 Å². The molecule has 1 N–H and O–H groups in total. The van der Waals surface area contributed by atoms with Gasteiger partial charge in [-0.15, -0.1) is 0 Å². The van der Waals surface area contributed by atoms with Crippen LogP contribution in [-0.2, 0) is 9.47 Å². The Hall–Kier alpha value is -0.160. The van der Waals surface area contributed by atoms with E-state index in [0.717, 1.165) is 32.0 Å². The predicted molar refractivity (Wildman–Crippen MR) is 79.7 cm³/mol. The predicted octanol–water partition coefficient (Wildman–Crippen LogP) is 1.99. The number of likely N-dealkylation sites (tertiary alicyclic amines) is 1. The van der Waals surface area contributed by atoms with Gasteiger partial charge >= 0.3 is 0 Å². The molecule has 0 aromatic rings. The van der Waals surface area contributed by atoms with E-state index in [0.29, 0.717) is 6.04 Å². The molecule has 20 heavy (non-hydrogen) atoms. The molecule has 4 nitrogen and oxygen atoms in total. The van der Waals surface area contributed by atoms with Crippen LogP contribution in [0.4, 0.5) is 0 Å². The largest absolute Gasteiger partial charge is 0.348 e. The van der Waals surface area contributed by atoms with Gasteiger partial charge in [0.05, 0.1) is 13.2 Å². The summed E-state index contributed by atoms with van der Waals surface area (Å²) in [5, 5.41) is 3.80. The number of nitrogens with one attached hydrogen (secondary N) is 1. The van der Waals surface area contributed by atoms with Gasteiger partial charge in [-0.25, -0.2) is 0 Å². The van der Waals surface area contributed by atoms with Gasteiger partial charge in [0.2, 0.25) is 0 Å². The number of ether oxygens (including phenoxy) is 2. The van der Waals surface area contributed by atoms with Gasteiger partial charge < -0.3 is 19.7 Å². The smallest absolute Gasteiger partial charge is 0.168 e. The summed E-state index contributed by atoms with van der Waals surface area (Å²) in [5.74, 6) is 0.678. The van der Waals surface area contributed by atoms with Crippen LogP contribution in [0, 0.1) is 5.92 Å². The first-order valence-electron chi connectivity index (χ1n) is 8.53. The van der Waals surface area contributed by atoms with Gasteiger partial charge in [-0.3, -0.25) is 0 Å². The normalized spacial score (nSPS) is 29.2. The molecule has 0 aromatic carbocycles. The molecule has 0 bridgehead atoms. The Labute approximate surface area is 123 Å². The summed E-state index contributed by atoms with van der Waals surface area (Å²) >= 11 is 0. The summed E-state index contributed by atoms with van der Waals surface area (Å²) in [6, 6.07) is 0.678. The first-order valence-corrected chi connectivity index (χ1v) is 8.53. The molecule has 2 saturated heterocycles. The molecule has 0 radical (unpaired) electrons. The lowest BCUT2D eigenvalue weighted by Crippen LogP contribution is -2.44. The Morgan fingerprint density at radius 2 is 1.70 bits per heavy atom. The number of hydrogen-bond acceptors (Lipinski definition) is 4. The maximum atomic E-state index is 5.79. The molecule has 2 heterocycles. The Kier molecular flexibility index (Phi) is 4.97. The van der Waals surface area contributed by atoms with E-state index >= 15 is 0 Å². The van der Waals surface area contributed by atoms with E-state index in [1.807, 2.05) is 0 Å². The van der Waals surface area contributed by atoms with Crippen molar-refractivity contribution in [2.75, 3.05) is 39.4 Å². The van der Waals surface area contributed by atoms with Crippen LogP contribution in [0.15, 0.2) is 0 Å². The summed E-state index contributed by atoms with van der Waals surface area (Å²) in [5.41, 5.74) is 0. The molecule has 3 rings (SSSR count). The van der Waals surface area contributed by atoms with Crippen molar-refractivity contribution >= 4 is 0 Å². The average molecular weight is 282 g/mol. The highest BCUT2D eigenvalue weighted by molar-refractivity contribution is 4.86. The Morgan fingerprint density at radius 1 is 1.05 bits per heavy atom. The van der Waals surface area contributed by atoms with Gasteiger partial charge in [0.25, 0.3) is 0 Å². The van der Waals surface area contributed by atoms with E-state index in [9.17, 15) is 0 Å². The van der Waals surface area contributed by atoms with E-state index in [2.05, 4.69) is 17.1 Å². The minimum atomic E-state index is -0.204. The van der Waals surface area contributed by atoms with Crippen molar-refractivity contribution in [2.45, 2.75) is 57.3 Å². The van der Waals surface area contributed by atoms with E-state index in [1.165, 1.54) is 51.9 Å². The first kappa shape index (κ1) is 14.8. The molecule has 0 unspecified atom stereocenters. The molecule has 4 heteroatoms. The van der Waals surface area contributed by atoms with E-state index in [-0.39, 0.29) is 5.79 Å². The quantitative estimate of drug-likeness (QED) is 0.855. The monoisotopic (exact) mass is 282 g/mol. The Bertz CT molecular complexity index is 287. The van der Waals surface area contributed by atoms with Crippen molar-refractivity contribution in [3.05, 3.63) is 0 Å². The minimum Gasteiger partial charge on any atom is -0.348 e. The Morgan fingerprint density at radius 3 is 2.30 bits per heavy atom. The summed E-state index contributed by atoms with van der Waals surface area (Å²) in [7, 11) is 0. The Balaban J connectivity index is 1.34. The van der Waals surface area contributed by atoms with Gasteiger partial charge in [-0.2, -0.15) is 0 Å². The third-order valence-electron chi connectivity index (χ3n) is 5.41. The van der Waals surface area contributed by atoms with Crippen LogP contribution in [0.3, 0.4) is 0 Å². The maximum Gasteiger partial charge on any atom is 0.168 e. The van der Waals surface area contributed by atoms with Crippen molar-refractivity contribution in [1.82, 2.24) is 10.2 Å². The summed E-state index contributed by atoms with van der Waals surface area (Å²) in [6.45, 7) is 8.84. The molecule has 3 fully saturated rings. The van der Waals surface area contributed by atoms with Crippen LogP contribution < -0.4 is 5.32 Å². The van der Waals surface area contributed by atoms with Crippen molar-refractivity contribution in [3.8, 4) is 0 Å². The highest BCUT2D eigenvalue weighted by atomic mass is 16.7. The summed E-state index contributed by atoms with van der Waals surface area (Å²) in [4.78, 5) is 2.57. The molecule has 0 amide bonds. The topological polar surface area (TPSA) is 33.7 Å². The third kappa shape index (κ3) is 3.53. The fraction of sp³-hybridized carbons (Fsp3) is 1.00. The van der Waals surface area contributed by atoms with Crippen molar-refractivity contribution in [2.24, 2.45) is 5.92 Å². The van der Waals surface area contributed by atoms with Gasteiger partial charge in [0, 0.05) is 18.9 Å². The fourth-order valence-corrected chi connectivity index (χ4v) is 3.89. The zero-order valence-electron chi connectivity index (χ0n) is 12.9. The number of hydrogen-bond donors (Lipinski definition) is 1. The second-order valence-electron chi connectivity index (χ2n) is 6.67. The zero-order valence-corrected chi connectivity index (χ0v) is 12.9. The van der Waals surface area contributed by atoms with Crippen molar-refractivity contribution < 1.29 is 9.47 Å². The lowest BCUT2D eigenvalue weighted by atomic mass is 9.89. The number of piperidine rings is 1. The second-order valence-corrected chi connectivity index (χ2v) is 6.67. The molecule has 0 atom stereocenters. The second kappa shape index (κ2) is 6.73.